The molecule has 0 aliphatic carbocycles. The number of carbonyl (C=O) groups excluding carboxylic acids is 1. The van der Waals surface area contributed by atoms with Gasteiger partial charge in [-0.15, -0.1) is 0 Å². The molecule has 5 N–H and O–H groups in total. The zero-order valence-corrected chi connectivity index (χ0v) is 9.88. The number of hydrogen-bond acceptors (Lipinski definition) is 4. The molecule has 0 saturated carbocycles. The van der Waals surface area contributed by atoms with E-state index in [-0.39, 0.29) is 5.91 Å². The summed E-state index contributed by atoms with van der Waals surface area (Å²) in [6.45, 7) is 4.06. The number of rotatable bonds is 7. The van der Waals surface area contributed by atoms with Gasteiger partial charge in [-0.25, -0.2) is 10.8 Å². The Labute approximate surface area is 95.8 Å². The molecule has 1 amide bonds. The Kier molecular flexibility index (Phi) is 9.33. The maximum absolute atomic E-state index is 11.1. The van der Waals surface area contributed by atoms with Gasteiger partial charge in [-0.05, 0) is 6.92 Å². The molecule has 0 atom stereocenters. The predicted octanol–water partition coefficient (Wildman–Crippen LogP) is -1.43. The van der Waals surface area contributed by atoms with Crippen LogP contribution in [0.1, 0.15) is 13.3 Å². The lowest BCUT2D eigenvalue weighted by Crippen LogP contribution is -2.43. The number of hydrogen-bond donors (Lipinski definition) is 4. The highest BCUT2D eigenvalue weighted by Gasteiger charge is 2.00. The quantitative estimate of drug-likeness (QED) is 0.141. The average molecular weight is 231 g/mol. The molecule has 0 saturated heterocycles. The van der Waals surface area contributed by atoms with Crippen LogP contribution in [0, 0.1) is 0 Å². The van der Waals surface area contributed by atoms with Gasteiger partial charge in [0.25, 0.3) is 0 Å². The second-order valence-corrected chi connectivity index (χ2v) is 3.00. The molecule has 0 aliphatic heterocycles. The Balaban J connectivity index is 3.69. The number of amides is 1. The summed E-state index contributed by atoms with van der Waals surface area (Å²) in [4.78, 5) is 15.2. The Morgan fingerprint density at radius 1 is 1.44 bits per heavy atom. The number of guanidine groups is 1. The Morgan fingerprint density at radius 3 is 2.75 bits per heavy atom. The van der Waals surface area contributed by atoms with E-state index in [4.69, 9.17) is 10.6 Å². The molecule has 0 aromatic rings. The summed E-state index contributed by atoms with van der Waals surface area (Å²) >= 11 is 0. The van der Waals surface area contributed by atoms with Crippen LogP contribution in [0.3, 0.4) is 0 Å². The summed E-state index contributed by atoms with van der Waals surface area (Å²) in [5, 5.41) is 5.61. The third kappa shape index (κ3) is 8.01. The lowest BCUT2D eigenvalue weighted by atomic mass is 10.4. The van der Waals surface area contributed by atoms with Crippen molar-refractivity contribution >= 4 is 11.9 Å². The van der Waals surface area contributed by atoms with E-state index >= 15 is 0 Å². The summed E-state index contributed by atoms with van der Waals surface area (Å²) in [5.41, 5.74) is 2.42. The lowest BCUT2D eigenvalue weighted by Gasteiger charge is -2.08. The molecular formula is C9H21N5O2. The number of nitrogens with zero attached hydrogens (tertiary/aromatic N) is 1. The van der Waals surface area contributed by atoms with E-state index in [0.29, 0.717) is 38.6 Å². The highest BCUT2D eigenvalue weighted by molar-refractivity contribution is 5.80. The van der Waals surface area contributed by atoms with Gasteiger partial charge < -0.3 is 15.4 Å². The van der Waals surface area contributed by atoms with Gasteiger partial charge in [0, 0.05) is 26.6 Å². The van der Waals surface area contributed by atoms with Crippen molar-refractivity contribution in [3.8, 4) is 0 Å². The van der Waals surface area contributed by atoms with Crippen LogP contribution >= 0.6 is 0 Å². The number of carbonyl (C=O) groups is 1. The van der Waals surface area contributed by atoms with Crippen molar-refractivity contribution in [2.24, 2.45) is 10.8 Å². The minimum absolute atomic E-state index is 0.00302. The van der Waals surface area contributed by atoms with Crippen molar-refractivity contribution in [3.05, 3.63) is 0 Å². The van der Waals surface area contributed by atoms with E-state index in [1.54, 1.807) is 7.11 Å². The van der Waals surface area contributed by atoms with Crippen LogP contribution in [-0.2, 0) is 9.53 Å². The topological polar surface area (TPSA) is 101 Å². The van der Waals surface area contributed by atoms with Crippen molar-refractivity contribution < 1.29 is 9.53 Å². The first-order valence-electron chi connectivity index (χ1n) is 5.25. The number of hydrazine groups is 1. The number of methoxy groups -OCH3 is 1. The number of aliphatic imine (C=N–C) groups is 1. The van der Waals surface area contributed by atoms with Crippen molar-refractivity contribution in [2.75, 3.05) is 33.4 Å². The van der Waals surface area contributed by atoms with Gasteiger partial charge in [0.05, 0.1) is 13.2 Å². The number of nitrogens with one attached hydrogen (secondary N) is 3. The smallest absolute Gasteiger partial charge is 0.221 e. The van der Waals surface area contributed by atoms with Crippen LogP contribution in [0.15, 0.2) is 4.99 Å². The summed E-state index contributed by atoms with van der Waals surface area (Å²) in [5.74, 6) is 5.71. The Bertz CT molecular complexity index is 220. The van der Waals surface area contributed by atoms with E-state index < -0.39 is 0 Å². The van der Waals surface area contributed by atoms with Crippen LogP contribution in [0.5, 0.6) is 0 Å². The third-order valence-corrected chi connectivity index (χ3v) is 1.72. The molecule has 0 heterocycles. The van der Waals surface area contributed by atoms with E-state index in [9.17, 15) is 4.79 Å². The third-order valence-electron chi connectivity index (χ3n) is 1.72. The highest BCUT2D eigenvalue weighted by atomic mass is 16.5. The van der Waals surface area contributed by atoms with Gasteiger partial charge >= 0.3 is 0 Å². The maximum atomic E-state index is 11.1. The van der Waals surface area contributed by atoms with Crippen LogP contribution in [0.4, 0.5) is 0 Å². The predicted molar refractivity (Wildman–Crippen MR) is 62.8 cm³/mol. The molecule has 94 valence electrons. The molecule has 7 nitrogen and oxygen atoms in total. The molecule has 0 unspecified atom stereocenters. The fourth-order valence-corrected chi connectivity index (χ4v) is 0.981. The van der Waals surface area contributed by atoms with Crippen molar-refractivity contribution in [3.63, 3.8) is 0 Å². The molecule has 0 rings (SSSR count). The van der Waals surface area contributed by atoms with E-state index in [2.05, 4.69) is 21.1 Å². The van der Waals surface area contributed by atoms with Crippen LogP contribution in [-0.4, -0.2) is 45.2 Å². The fourth-order valence-electron chi connectivity index (χ4n) is 0.981. The normalized spacial score (nSPS) is 11.1. The lowest BCUT2D eigenvalue weighted by molar-refractivity contribution is -0.120. The zero-order valence-electron chi connectivity index (χ0n) is 9.88. The van der Waals surface area contributed by atoms with Crippen LogP contribution < -0.4 is 21.9 Å². The molecule has 7 heteroatoms. The summed E-state index contributed by atoms with van der Waals surface area (Å²) in [7, 11) is 1.60. The standard InChI is InChI=1S/C9H21N5O2/c1-3-11-8(15)4-5-12-9(14-10)13-6-7-16-2/h3-7,10H2,1-2H3,(H,11,15)(H2,12,13,14). The highest BCUT2D eigenvalue weighted by Crippen LogP contribution is 1.78. The van der Waals surface area contributed by atoms with E-state index in [0.717, 1.165) is 0 Å². The van der Waals surface area contributed by atoms with Crippen molar-refractivity contribution in [1.29, 1.82) is 0 Å². The first-order chi connectivity index (χ1) is 7.74. The maximum Gasteiger partial charge on any atom is 0.221 e. The fraction of sp³-hybridized carbons (Fsp3) is 0.778. The van der Waals surface area contributed by atoms with Gasteiger partial charge in [0.2, 0.25) is 11.9 Å². The molecule has 0 aromatic carbocycles. The minimum atomic E-state index is 0.00302. The van der Waals surface area contributed by atoms with Crippen LogP contribution in [0.2, 0.25) is 0 Å². The second-order valence-electron chi connectivity index (χ2n) is 3.00. The number of ether oxygens (including phenoxy) is 1. The SMILES string of the molecule is CCNC(=O)CCNC(=NCCOC)NN. The molecule has 0 radical (unpaired) electrons. The summed E-state index contributed by atoms with van der Waals surface area (Å²) in [6, 6.07) is 0. The molecule has 0 bridgehead atoms. The van der Waals surface area contributed by atoms with E-state index in [1.807, 2.05) is 6.92 Å². The molecule has 0 aliphatic rings. The van der Waals surface area contributed by atoms with Gasteiger partial charge in [-0.3, -0.25) is 10.2 Å². The Hall–Kier alpha value is -1.34. The van der Waals surface area contributed by atoms with Gasteiger partial charge in [-0.1, -0.05) is 0 Å². The van der Waals surface area contributed by atoms with Gasteiger partial charge in [0.15, 0.2) is 0 Å². The molecule has 0 fully saturated rings. The van der Waals surface area contributed by atoms with Gasteiger partial charge in [0.1, 0.15) is 0 Å². The Morgan fingerprint density at radius 2 is 2.19 bits per heavy atom. The first kappa shape index (κ1) is 14.7. The average Bonchev–Trinajstić information content (AvgIpc) is 2.27. The molecule has 0 aromatic heterocycles. The molecule has 0 spiro atoms. The molecule has 16 heavy (non-hydrogen) atoms. The second kappa shape index (κ2) is 10.2. The first-order valence-corrected chi connectivity index (χ1v) is 5.25. The molecular weight excluding hydrogens is 210 g/mol. The summed E-state index contributed by atoms with van der Waals surface area (Å²) < 4.78 is 4.84. The van der Waals surface area contributed by atoms with E-state index in [1.165, 1.54) is 0 Å². The van der Waals surface area contributed by atoms with Crippen LogP contribution in [0.25, 0.3) is 0 Å². The number of nitrogens with two attached hydrogens (primary N) is 1. The summed E-state index contributed by atoms with van der Waals surface area (Å²) in [6.07, 6.45) is 0.388. The van der Waals surface area contributed by atoms with Gasteiger partial charge in [-0.2, -0.15) is 0 Å². The zero-order chi connectivity index (χ0) is 12.2. The monoisotopic (exact) mass is 231 g/mol. The van der Waals surface area contributed by atoms with Crippen molar-refractivity contribution in [2.45, 2.75) is 13.3 Å². The largest absolute Gasteiger partial charge is 0.383 e. The minimum Gasteiger partial charge on any atom is -0.383 e. The van der Waals surface area contributed by atoms with Crippen molar-refractivity contribution in [1.82, 2.24) is 16.1 Å².